The number of rotatable bonds is 4. The summed E-state index contributed by atoms with van der Waals surface area (Å²) in [4.78, 5) is 11.0. The highest BCUT2D eigenvalue weighted by atomic mass is 16.5. The molecule has 92 valence electrons. The lowest BCUT2D eigenvalue weighted by Gasteiger charge is -2.39. The first-order valence-electron chi connectivity index (χ1n) is 6.27. The zero-order valence-electron chi connectivity index (χ0n) is 9.95. The summed E-state index contributed by atoms with van der Waals surface area (Å²) in [5, 5.41) is 3.65. The maximum atomic E-state index is 11.0. The Hall–Kier alpha value is -0.610. The number of ether oxygens (including phenoxy) is 1. The van der Waals surface area contributed by atoms with Gasteiger partial charge < -0.3 is 15.8 Å². The van der Waals surface area contributed by atoms with Gasteiger partial charge in [0, 0.05) is 25.1 Å². The molecule has 1 amide bonds. The van der Waals surface area contributed by atoms with E-state index in [1.54, 1.807) is 7.11 Å². The Kier molecular flexibility index (Phi) is 3.82. The molecule has 2 aliphatic carbocycles. The van der Waals surface area contributed by atoms with Crippen molar-refractivity contribution in [3.05, 3.63) is 0 Å². The van der Waals surface area contributed by atoms with Crippen molar-refractivity contribution in [1.29, 1.82) is 0 Å². The molecule has 0 aliphatic heterocycles. The number of carbonyl (C=O) groups is 1. The molecule has 2 rings (SSSR count). The number of methoxy groups -OCH3 is 1. The van der Waals surface area contributed by atoms with Crippen molar-refractivity contribution in [2.24, 2.45) is 11.7 Å². The summed E-state index contributed by atoms with van der Waals surface area (Å²) in [6.45, 7) is 0. The van der Waals surface area contributed by atoms with Gasteiger partial charge in [0.05, 0.1) is 6.10 Å². The SMILES string of the molecule is COC1CC(NC2CCC(C(N)=O)CC2)C1. The molecule has 0 atom stereocenters. The van der Waals surface area contributed by atoms with Crippen LogP contribution in [0.3, 0.4) is 0 Å². The van der Waals surface area contributed by atoms with Crippen LogP contribution in [0.15, 0.2) is 0 Å². The minimum absolute atomic E-state index is 0.117. The van der Waals surface area contributed by atoms with Crippen LogP contribution in [0.1, 0.15) is 38.5 Å². The quantitative estimate of drug-likeness (QED) is 0.745. The molecule has 3 N–H and O–H groups in total. The Morgan fingerprint density at radius 1 is 1.19 bits per heavy atom. The Bertz CT molecular complexity index is 243. The molecule has 4 nitrogen and oxygen atoms in total. The molecule has 4 heteroatoms. The Morgan fingerprint density at radius 3 is 2.31 bits per heavy atom. The summed E-state index contributed by atoms with van der Waals surface area (Å²) < 4.78 is 5.25. The Balaban J connectivity index is 1.64. The van der Waals surface area contributed by atoms with Gasteiger partial charge in [-0.15, -0.1) is 0 Å². The van der Waals surface area contributed by atoms with Crippen molar-refractivity contribution in [3.63, 3.8) is 0 Å². The van der Waals surface area contributed by atoms with Gasteiger partial charge >= 0.3 is 0 Å². The molecule has 0 heterocycles. The van der Waals surface area contributed by atoms with Crippen molar-refractivity contribution in [3.8, 4) is 0 Å². The maximum absolute atomic E-state index is 11.0. The summed E-state index contributed by atoms with van der Waals surface area (Å²) in [6.07, 6.45) is 6.79. The van der Waals surface area contributed by atoms with E-state index >= 15 is 0 Å². The van der Waals surface area contributed by atoms with E-state index in [1.165, 1.54) is 0 Å². The number of nitrogens with one attached hydrogen (secondary N) is 1. The third kappa shape index (κ3) is 2.74. The van der Waals surface area contributed by atoms with Gasteiger partial charge in [0.2, 0.25) is 5.91 Å². The predicted octanol–water partition coefficient (Wildman–Crippen LogP) is 0.797. The minimum atomic E-state index is -0.124. The number of nitrogens with two attached hydrogens (primary N) is 1. The molecular weight excluding hydrogens is 204 g/mol. The maximum Gasteiger partial charge on any atom is 0.220 e. The van der Waals surface area contributed by atoms with E-state index in [9.17, 15) is 4.79 Å². The van der Waals surface area contributed by atoms with E-state index in [0.29, 0.717) is 18.2 Å². The minimum Gasteiger partial charge on any atom is -0.381 e. The van der Waals surface area contributed by atoms with Gasteiger partial charge in [-0.05, 0) is 38.5 Å². The van der Waals surface area contributed by atoms with Crippen LogP contribution in [0.4, 0.5) is 0 Å². The summed E-state index contributed by atoms with van der Waals surface area (Å²) in [5.74, 6) is -0.00675. The topological polar surface area (TPSA) is 64.3 Å². The van der Waals surface area contributed by atoms with E-state index < -0.39 is 0 Å². The van der Waals surface area contributed by atoms with Gasteiger partial charge in [0.25, 0.3) is 0 Å². The molecule has 0 spiro atoms. The van der Waals surface area contributed by atoms with Gasteiger partial charge in [-0.3, -0.25) is 4.79 Å². The number of carbonyl (C=O) groups excluding carboxylic acids is 1. The average molecular weight is 226 g/mol. The third-order valence-electron chi connectivity index (χ3n) is 4.03. The predicted molar refractivity (Wildman–Crippen MR) is 61.9 cm³/mol. The zero-order chi connectivity index (χ0) is 11.5. The molecule has 2 saturated carbocycles. The van der Waals surface area contributed by atoms with Crippen LogP contribution in [0, 0.1) is 5.92 Å². The van der Waals surface area contributed by atoms with Crippen LogP contribution >= 0.6 is 0 Å². The molecule has 0 aromatic heterocycles. The van der Waals surface area contributed by atoms with E-state index in [4.69, 9.17) is 10.5 Å². The summed E-state index contributed by atoms with van der Waals surface area (Å²) >= 11 is 0. The number of hydrogen-bond donors (Lipinski definition) is 2. The van der Waals surface area contributed by atoms with Gasteiger partial charge in [-0.2, -0.15) is 0 Å². The van der Waals surface area contributed by atoms with E-state index in [-0.39, 0.29) is 11.8 Å². The lowest BCUT2D eigenvalue weighted by molar-refractivity contribution is -0.122. The molecule has 0 aromatic carbocycles. The van der Waals surface area contributed by atoms with Crippen LogP contribution < -0.4 is 11.1 Å². The highest BCUT2D eigenvalue weighted by molar-refractivity contribution is 5.76. The standard InChI is InChI=1S/C12H22N2O2/c1-16-11-6-10(7-11)14-9-4-2-8(3-5-9)12(13)15/h8-11,14H,2-7H2,1H3,(H2,13,15). The van der Waals surface area contributed by atoms with E-state index in [2.05, 4.69) is 5.32 Å². The fourth-order valence-corrected chi connectivity index (χ4v) is 2.77. The first kappa shape index (κ1) is 11.9. The van der Waals surface area contributed by atoms with Gasteiger partial charge in [-0.1, -0.05) is 0 Å². The van der Waals surface area contributed by atoms with Crippen molar-refractivity contribution < 1.29 is 9.53 Å². The first-order valence-corrected chi connectivity index (χ1v) is 6.27. The van der Waals surface area contributed by atoms with Gasteiger partial charge in [0.15, 0.2) is 0 Å². The van der Waals surface area contributed by atoms with Crippen molar-refractivity contribution >= 4 is 5.91 Å². The second-order valence-corrected chi connectivity index (χ2v) is 5.14. The van der Waals surface area contributed by atoms with Crippen LogP contribution in [0.25, 0.3) is 0 Å². The third-order valence-corrected chi connectivity index (χ3v) is 4.03. The van der Waals surface area contributed by atoms with Gasteiger partial charge in [0.1, 0.15) is 0 Å². The monoisotopic (exact) mass is 226 g/mol. The van der Waals surface area contributed by atoms with Crippen molar-refractivity contribution in [2.75, 3.05) is 7.11 Å². The Morgan fingerprint density at radius 2 is 1.81 bits per heavy atom. The van der Waals surface area contributed by atoms with Crippen LogP contribution in [0.2, 0.25) is 0 Å². The highest BCUT2D eigenvalue weighted by Gasteiger charge is 2.32. The highest BCUT2D eigenvalue weighted by Crippen LogP contribution is 2.28. The molecule has 0 saturated heterocycles. The number of primary amides is 1. The second-order valence-electron chi connectivity index (χ2n) is 5.14. The molecule has 2 fully saturated rings. The smallest absolute Gasteiger partial charge is 0.220 e. The largest absolute Gasteiger partial charge is 0.381 e. The van der Waals surface area contributed by atoms with Crippen molar-refractivity contribution in [2.45, 2.75) is 56.7 Å². The lowest BCUT2D eigenvalue weighted by atomic mass is 9.83. The zero-order valence-corrected chi connectivity index (χ0v) is 9.95. The summed E-state index contributed by atoms with van der Waals surface area (Å²) in [5.41, 5.74) is 5.31. The molecular formula is C12H22N2O2. The van der Waals surface area contributed by atoms with Crippen LogP contribution in [-0.2, 0) is 9.53 Å². The fraction of sp³-hybridized carbons (Fsp3) is 0.917. The fourth-order valence-electron chi connectivity index (χ4n) is 2.77. The Labute approximate surface area is 96.9 Å². The van der Waals surface area contributed by atoms with Crippen molar-refractivity contribution in [1.82, 2.24) is 5.32 Å². The molecule has 0 radical (unpaired) electrons. The normalized spacial score (nSPS) is 39.1. The molecule has 16 heavy (non-hydrogen) atoms. The lowest BCUT2D eigenvalue weighted by Crippen LogP contribution is -2.50. The number of hydrogen-bond acceptors (Lipinski definition) is 3. The summed E-state index contributed by atoms with van der Waals surface area (Å²) in [6, 6.07) is 1.21. The molecule has 0 unspecified atom stereocenters. The first-order chi connectivity index (χ1) is 7.69. The van der Waals surface area contributed by atoms with Crippen LogP contribution in [0.5, 0.6) is 0 Å². The average Bonchev–Trinajstić information content (AvgIpc) is 2.23. The molecule has 0 bridgehead atoms. The molecule has 2 aliphatic rings. The number of amides is 1. The van der Waals surface area contributed by atoms with Gasteiger partial charge in [-0.25, -0.2) is 0 Å². The molecule has 0 aromatic rings. The second kappa shape index (κ2) is 5.15. The van der Waals surface area contributed by atoms with E-state index in [0.717, 1.165) is 38.5 Å². The summed E-state index contributed by atoms with van der Waals surface area (Å²) in [7, 11) is 1.78. The van der Waals surface area contributed by atoms with E-state index in [1.807, 2.05) is 0 Å². The van der Waals surface area contributed by atoms with Crippen LogP contribution in [-0.4, -0.2) is 31.2 Å².